The van der Waals surface area contributed by atoms with E-state index in [4.69, 9.17) is 11.6 Å². The summed E-state index contributed by atoms with van der Waals surface area (Å²) in [4.78, 5) is 4.13. The van der Waals surface area contributed by atoms with E-state index in [0.29, 0.717) is 12.0 Å². The third-order valence-electron chi connectivity index (χ3n) is 1.38. The van der Waals surface area contributed by atoms with Crippen LogP contribution in [-0.2, 0) is 0 Å². The van der Waals surface area contributed by atoms with Gasteiger partial charge in [0.15, 0.2) is 0 Å². The third kappa shape index (κ3) is 2.07. The molecule has 0 aromatic rings. The van der Waals surface area contributed by atoms with Gasteiger partial charge in [-0.2, -0.15) is 11.8 Å². The Morgan fingerprint density at radius 1 is 1.70 bits per heavy atom. The summed E-state index contributed by atoms with van der Waals surface area (Å²) in [6.45, 7) is 0. The molecule has 5 N–H and O–H groups in total. The third-order valence-corrected chi connectivity index (χ3v) is 2.52. The smallest absolute Gasteiger partial charge is 0.203 e. The van der Waals surface area contributed by atoms with Crippen molar-refractivity contribution in [3.63, 3.8) is 0 Å². The first-order chi connectivity index (χ1) is 4.83. The molecule has 0 radical (unpaired) electrons. The topological polar surface area (TPSA) is 76.4 Å². The summed E-state index contributed by atoms with van der Waals surface area (Å²) in [5, 5.41) is 0. The van der Waals surface area contributed by atoms with Crippen molar-refractivity contribution in [2.24, 2.45) is 16.6 Å². The van der Waals surface area contributed by atoms with Crippen molar-refractivity contribution in [1.82, 2.24) is 5.43 Å². The number of guanidine groups is 1. The highest BCUT2D eigenvalue weighted by Gasteiger charge is 2.13. The minimum Gasteiger partial charge on any atom is -0.369 e. The van der Waals surface area contributed by atoms with Crippen molar-refractivity contribution in [1.29, 1.82) is 0 Å². The molecule has 0 aliphatic carbocycles. The first-order valence-corrected chi connectivity index (χ1v) is 4.36. The number of nitrogens with two attached hydrogens (primary N) is 2. The number of aliphatic imine (C=N–C) groups is 1. The highest BCUT2D eigenvalue weighted by atomic mass is 32.2. The van der Waals surface area contributed by atoms with Crippen LogP contribution in [0, 0.1) is 0 Å². The quantitative estimate of drug-likeness (QED) is 0.204. The van der Waals surface area contributed by atoms with Gasteiger partial charge in [-0.1, -0.05) is 0 Å². The van der Waals surface area contributed by atoms with Gasteiger partial charge in [-0.15, -0.1) is 0 Å². The summed E-state index contributed by atoms with van der Waals surface area (Å²) in [5.41, 5.74) is 7.67. The lowest BCUT2D eigenvalue weighted by atomic mass is 10.3. The second-order valence-corrected chi connectivity index (χ2v) is 3.33. The van der Waals surface area contributed by atoms with Crippen LogP contribution in [0.5, 0.6) is 0 Å². The number of hydrogen-bond acceptors (Lipinski definition) is 3. The van der Waals surface area contributed by atoms with Gasteiger partial charge in [0.2, 0.25) is 5.96 Å². The van der Waals surface area contributed by atoms with Gasteiger partial charge < -0.3 is 5.73 Å². The Morgan fingerprint density at radius 2 is 2.50 bits per heavy atom. The molecule has 0 aromatic heterocycles. The predicted octanol–water partition coefficient (Wildman–Crippen LogP) is -0.730. The summed E-state index contributed by atoms with van der Waals surface area (Å²) in [5.74, 6) is 7.64. The number of hydrazine groups is 1. The molecule has 10 heavy (non-hydrogen) atoms. The second kappa shape index (κ2) is 3.68. The van der Waals surface area contributed by atoms with Gasteiger partial charge in [-0.25, -0.2) is 10.8 Å². The Labute approximate surface area is 64.4 Å². The zero-order chi connectivity index (χ0) is 7.40. The lowest BCUT2D eigenvalue weighted by molar-refractivity contribution is 0.750. The monoisotopic (exact) mass is 160 g/mol. The molecule has 1 unspecified atom stereocenters. The average molecular weight is 160 g/mol. The van der Waals surface area contributed by atoms with Crippen LogP contribution < -0.4 is 17.0 Å². The fourth-order valence-corrected chi connectivity index (χ4v) is 1.98. The standard InChI is InChI=1S/C5H12N4S/c6-5(9-7)8-4-1-2-10-3-4/h4H,1-3,7H2,(H3,6,8,9). The van der Waals surface area contributed by atoms with Gasteiger partial charge in [-0.05, 0) is 12.2 Å². The predicted molar refractivity (Wildman–Crippen MR) is 44.7 cm³/mol. The van der Waals surface area contributed by atoms with Crippen molar-refractivity contribution in [3.05, 3.63) is 0 Å². The largest absolute Gasteiger partial charge is 0.369 e. The number of thioether (sulfide) groups is 1. The molecule has 1 heterocycles. The number of rotatable bonds is 1. The first kappa shape index (κ1) is 7.68. The van der Waals surface area contributed by atoms with Gasteiger partial charge >= 0.3 is 0 Å². The van der Waals surface area contributed by atoms with Crippen molar-refractivity contribution >= 4 is 17.7 Å². The maximum atomic E-state index is 5.36. The van der Waals surface area contributed by atoms with Crippen LogP contribution in [0.2, 0.25) is 0 Å². The van der Waals surface area contributed by atoms with Crippen molar-refractivity contribution in [2.45, 2.75) is 12.5 Å². The van der Waals surface area contributed by atoms with E-state index >= 15 is 0 Å². The molecule has 1 fully saturated rings. The molecule has 0 bridgehead atoms. The molecule has 0 spiro atoms. The molecule has 5 heteroatoms. The van der Waals surface area contributed by atoms with E-state index in [1.165, 1.54) is 5.75 Å². The van der Waals surface area contributed by atoms with E-state index in [2.05, 4.69) is 10.4 Å². The van der Waals surface area contributed by atoms with E-state index in [1.807, 2.05) is 11.8 Å². The average Bonchev–Trinajstić information content (AvgIpc) is 2.40. The molecule has 0 amide bonds. The first-order valence-electron chi connectivity index (χ1n) is 3.20. The van der Waals surface area contributed by atoms with Gasteiger partial charge in [0.05, 0.1) is 6.04 Å². The zero-order valence-corrected chi connectivity index (χ0v) is 6.53. The molecular formula is C5H12N4S. The maximum absolute atomic E-state index is 5.36. The lowest BCUT2D eigenvalue weighted by Gasteiger charge is -2.02. The van der Waals surface area contributed by atoms with Crippen LogP contribution in [0.3, 0.4) is 0 Å². The van der Waals surface area contributed by atoms with Crippen molar-refractivity contribution < 1.29 is 0 Å². The lowest BCUT2D eigenvalue weighted by Crippen LogP contribution is -2.38. The maximum Gasteiger partial charge on any atom is 0.203 e. The molecular weight excluding hydrogens is 148 g/mol. The fourth-order valence-electron chi connectivity index (χ4n) is 0.858. The van der Waals surface area contributed by atoms with Gasteiger partial charge in [-0.3, -0.25) is 5.43 Å². The second-order valence-electron chi connectivity index (χ2n) is 2.18. The molecule has 1 aliphatic heterocycles. The molecule has 1 rings (SSSR count). The highest BCUT2D eigenvalue weighted by molar-refractivity contribution is 7.99. The Kier molecular flexibility index (Phi) is 2.82. The van der Waals surface area contributed by atoms with Crippen LogP contribution in [0.1, 0.15) is 6.42 Å². The number of hydrogen-bond donors (Lipinski definition) is 3. The van der Waals surface area contributed by atoms with Crippen molar-refractivity contribution in [3.8, 4) is 0 Å². The van der Waals surface area contributed by atoms with Gasteiger partial charge in [0.1, 0.15) is 0 Å². The summed E-state index contributed by atoms with van der Waals surface area (Å²) in [7, 11) is 0. The molecule has 1 saturated heterocycles. The Balaban J connectivity index is 2.34. The van der Waals surface area contributed by atoms with Crippen LogP contribution >= 0.6 is 11.8 Å². The minimum atomic E-state index is 0.340. The van der Waals surface area contributed by atoms with Crippen LogP contribution in [0.25, 0.3) is 0 Å². The minimum absolute atomic E-state index is 0.340. The van der Waals surface area contributed by atoms with E-state index in [-0.39, 0.29) is 0 Å². The molecule has 4 nitrogen and oxygen atoms in total. The number of nitrogens with zero attached hydrogens (tertiary/aromatic N) is 1. The van der Waals surface area contributed by atoms with Crippen LogP contribution in [-0.4, -0.2) is 23.5 Å². The van der Waals surface area contributed by atoms with Gasteiger partial charge in [0, 0.05) is 5.75 Å². The summed E-state index contributed by atoms with van der Waals surface area (Å²) >= 11 is 1.90. The summed E-state index contributed by atoms with van der Waals surface area (Å²) in [6.07, 6.45) is 1.12. The van der Waals surface area contributed by atoms with Gasteiger partial charge in [0.25, 0.3) is 0 Å². The van der Waals surface area contributed by atoms with E-state index in [9.17, 15) is 0 Å². The SMILES string of the molecule is NNC(N)=NC1CCSC1. The molecule has 1 atom stereocenters. The number of nitrogens with one attached hydrogen (secondary N) is 1. The van der Waals surface area contributed by atoms with Crippen LogP contribution in [0.4, 0.5) is 0 Å². The van der Waals surface area contributed by atoms with Crippen LogP contribution in [0.15, 0.2) is 4.99 Å². The Bertz CT molecular complexity index is 130. The van der Waals surface area contributed by atoms with E-state index in [1.54, 1.807) is 0 Å². The normalized spacial score (nSPS) is 26.9. The summed E-state index contributed by atoms with van der Waals surface area (Å²) < 4.78 is 0. The van der Waals surface area contributed by atoms with E-state index < -0.39 is 0 Å². The molecule has 0 saturated carbocycles. The highest BCUT2D eigenvalue weighted by Crippen LogP contribution is 2.19. The molecule has 1 aliphatic rings. The van der Waals surface area contributed by atoms with E-state index in [0.717, 1.165) is 12.2 Å². The molecule has 58 valence electrons. The Morgan fingerprint density at radius 3 is 3.00 bits per heavy atom. The summed E-state index contributed by atoms with van der Waals surface area (Å²) in [6, 6.07) is 0.376. The zero-order valence-electron chi connectivity index (χ0n) is 5.71. The van der Waals surface area contributed by atoms with Crippen molar-refractivity contribution in [2.75, 3.05) is 11.5 Å². The fraction of sp³-hybridized carbons (Fsp3) is 0.800. The molecule has 0 aromatic carbocycles. The Hall–Kier alpha value is -0.420.